The van der Waals surface area contributed by atoms with E-state index in [1.165, 1.54) is 4.90 Å². The van der Waals surface area contributed by atoms with Gasteiger partial charge in [0.1, 0.15) is 11.9 Å². The standard InChI is InChI=1S/C14H16ClNO3.2C4H8N2S4.Mn.Zn/c1-9-4-3-5-10(2)13(9)16(12(17)8-15)11-6-7-19-14(11)18;2*7-3(8)5-1-2-6-4(9)10;;/h3-5,11H,6-8H2,1-2H3;2*1-2H2,(H2,5,7,8)(H2,6,9,10);;/q;;;2*+2/p-4. The zero-order chi connectivity index (χ0) is 30.0. The van der Waals surface area contributed by atoms with Gasteiger partial charge in [0.15, 0.2) is 0 Å². The number of nitrogens with one attached hydrogen (secondary N) is 4. The molecule has 8 nitrogen and oxygen atoms in total. The summed E-state index contributed by atoms with van der Waals surface area (Å²) in [6.45, 7) is 6.84. The predicted molar refractivity (Wildman–Crippen MR) is 185 cm³/mol. The van der Waals surface area contributed by atoms with Gasteiger partial charge in [-0.05, 0) is 25.0 Å². The molecule has 0 aromatic heterocycles. The number of alkyl halides is 1. The van der Waals surface area contributed by atoms with Crippen LogP contribution in [0.5, 0.6) is 0 Å². The number of hydrogen-bond donors (Lipinski definition) is 4. The zero-order valence-electron chi connectivity index (χ0n) is 22.2. The third kappa shape index (κ3) is 21.4. The van der Waals surface area contributed by atoms with Gasteiger partial charge in [-0.25, -0.2) is 4.79 Å². The molecule has 1 aliphatic rings. The average Bonchev–Trinajstić information content (AvgIpc) is 3.27. The van der Waals surface area contributed by atoms with E-state index in [4.69, 9.17) is 16.3 Å². The molecule has 0 bridgehead atoms. The summed E-state index contributed by atoms with van der Waals surface area (Å²) >= 11 is 42.4. The van der Waals surface area contributed by atoms with Gasteiger partial charge < -0.3 is 125 Å². The second-order valence-electron chi connectivity index (χ2n) is 7.47. The summed E-state index contributed by atoms with van der Waals surface area (Å²) in [6, 6.07) is 5.18. The van der Waals surface area contributed by atoms with Crippen LogP contribution in [0, 0.1) is 13.8 Å². The summed E-state index contributed by atoms with van der Waals surface area (Å²) < 4.78 is 6.46. The topological polar surface area (TPSA) is 94.7 Å². The van der Waals surface area contributed by atoms with Crippen molar-refractivity contribution in [3.8, 4) is 0 Å². The third-order valence-electron chi connectivity index (χ3n) is 4.61. The Balaban J connectivity index is -0.000000566. The van der Waals surface area contributed by atoms with Gasteiger partial charge in [-0.3, -0.25) is 9.69 Å². The Morgan fingerprint density at radius 1 is 0.902 bits per heavy atom. The van der Waals surface area contributed by atoms with Gasteiger partial charge in [0, 0.05) is 32.6 Å². The fourth-order valence-electron chi connectivity index (χ4n) is 3.08. The first-order valence-electron chi connectivity index (χ1n) is 11.2. The van der Waals surface area contributed by atoms with Crippen molar-refractivity contribution in [1.82, 2.24) is 21.3 Å². The van der Waals surface area contributed by atoms with Gasteiger partial charge >= 0.3 is 42.5 Å². The molecule has 1 saturated heterocycles. The van der Waals surface area contributed by atoms with Gasteiger partial charge in [-0.1, -0.05) is 35.5 Å². The number of nitrogens with zero attached hydrogens (tertiary/aromatic N) is 1. The second-order valence-corrected chi connectivity index (χ2v) is 12.0. The Kier molecular flexibility index (Phi) is 29.3. The summed E-state index contributed by atoms with van der Waals surface area (Å²) in [5, 5.41) is 11.1. The largest absolute Gasteiger partial charge is 2.00 e. The molecular weight excluding hydrogens is 795 g/mol. The van der Waals surface area contributed by atoms with E-state index in [0.717, 1.165) is 16.8 Å². The van der Waals surface area contributed by atoms with Crippen molar-refractivity contribution < 1.29 is 50.9 Å². The Labute approximate surface area is 314 Å². The van der Waals surface area contributed by atoms with Crippen molar-refractivity contribution in [2.24, 2.45) is 0 Å². The van der Waals surface area contributed by atoms with Crippen LogP contribution in [0.4, 0.5) is 5.69 Å². The summed E-state index contributed by atoms with van der Waals surface area (Å²) in [6.07, 6.45) is 0.509. The number of hydrogen-bond acceptors (Lipinski definition) is 11. The molecule has 1 unspecified atom stereocenters. The molecule has 223 valence electrons. The van der Waals surface area contributed by atoms with Crippen LogP contribution in [-0.2, 0) is 101 Å². The summed E-state index contributed by atoms with van der Waals surface area (Å²) in [7, 11) is 0. The van der Waals surface area contributed by atoms with E-state index in [-0.39, 0.29) is 54.3 Å². The number of halogens is 1. The van der Waals surface area contributed by atoms with E-state index in [1.807, 2.05) is 32.0 Å². The SMILES string of the molecule is Cc1cccc(C)c1N(C(=O)CCl)C1CCOC1=O.S=C([S-])NCCNC(=S)[S-].S=C([S-])NCCNC(=S)[S-].[Mn+2].[Zn+2]. The van der Waals surface area contributed by atoms with Gasteiger partial charge in [0.2, 0.25) is 5.91 Å². The number of esters is 1. The van der Waals surface area contributed by atoms with Crippen LogP contribution in [0.2, 0.25) is 0 Å². The number of aryl methyl sites for hydroxylation is 2. The van der Waals surface area contributed by atoms with Crippen LogP contribution in [0.15, 0.2) is 18.2 Å². The molecule has 41 heavy (non-hydrogen) atoms. The van der Waals surface area contributed by atoms with E-state index in [1.54, 1.807) is 0 Å². The van der Waals surface area contributed by atoms with E-state index in [9.17, 15) is 9.59 Å². The summed E-state index contributed by atoms with van der Waals surface area (Å²) in [4.78, 5) is 25.4. The molecule has 1 radical (unpaired) electrons. The molecule has 1 aromatic rings. The van der Waals surface area contributed by atoms with E-state index in [0.29, 0.717) is 56.5 Å². The van der Waals surface area contributed by atoms with Crippen molar-refractivity contribution in [1.29, 1.82) is 0 Å². The van der Waals surface area contributed by atoms with Crippen molar-refractivity contribution in [2.45, 2.75) is 26.3 Å². The molecular formula is C22H28ClMnN5O3S8Zn. The van der Waals surface area contributed by atoms with E-state index >= 15 is 0 Å². The van der Waals surface area contributed by atoms with E-state index < -0.39 is 6.04 Å². The summed E-state index contributed by atoms with van der Waals surface area (Å²) in [5.41, 5.74) is 2.65. The number of carbonyl (C=O) groups excluding carboxylic acids is 2. The van der Waals surface area contributed by atoms with Crippen LogP contribution in [0.1, 0.15) is 17.5 Å². The zero-order valence-corrected chi connectivity index (χ0v) is 33.6. The van der Waals surface area contributed by atoms with Gasteiger partial charge in [0.05, 0.1) is 12.3 Å². The van der Waals surface area contributed by atoms with Gasteiger partial charge in [-0.2, -0.15) is 0 Å². The number of amides is 1. The van der Waals surface area contributed by atoms with Crippen LogP contribution in [-0.4, -0.2) is 73.9 Å². The van der Waals surface area contributed by atoms with Crippen molar-refractivity contribution in [2.75, 3.05) is 43.6 Å². The quantitative estimate of drug-likeness (QED) is 0.0730. The maximum absolute atomic E-state index is 12.1. The number of cyclic esters (lactones) is 1. The number of thiocarbonyl (C=S) groups is 4. The summed E-state index contributed by atoms with van der Waals surface area (Å²) in [5.74, 6) is -0.790. The maximum Gasteiger partial charge on any atom is 2.00 e. The first kappa shape index (κ1) is 45.5. The van der Waals surface area contributed by atoms with Gasteiger partial charge in [0.25, 0.3) is 0 Å². The number of carbonyl (C=O) groups is 2. The molecule has 0 saturated carbocycles. The molecule has 1 amide bonds. The monoisotopic (exact) mass is 820 g/mol. The Hall–Kier alpha value is 0.0329. The number of rotatable bonds is 9. The van der Waals surface area contributed by atoms with Crippen LogP contribution in [0.25, 0.3) is 0 Å². The number of anilines is 1. The Bertz CT molecular complexity index is 947. The molecule has 1 heterocycles. The fraction of sp³-hybridized carbons (Fsp3) is 0.455. The predicted octanol–water partition coefficient (Wildman–Crippen LogP) is 1.84. The molecule has 19 heteroatoms. The number of para-hydroxylation sites is 1. The molecule has 0 spiro atoms. The number of benzene rings is 1. The van der Waals surface area contributed by atoms with Crippen LogP contribution < -0.4 is 26.2 Å². The van der Waals surface area contributed by atoms with Crippen LogP contribution in [0.3, 0.4) is 0 Å². The Morgan fingerprint density at radius 3 is 1.54 bits per heavy atom. The van der Waals surface area contributed by atoms with Crippen molar-refractivity contribution >= 4 is 146 Å². The molecule has 1 atom stereocenters. The normalized spacial score (nSPS) is 12.6. The maximum atomic E-state index is 12.1. The number of ether oxygens (including phenoxy) is 1. The third-order valence-corrected chi connectivity index (χ3v) is 5.99. The first-order chi connectivity index (χ1) is 18.3. The van der Waals surface area contributed by atoms with Gasteiger partial charge in [-0.15, -0.1) is 11.6 Å². The molecule has 1 aromatic carbocycles. The van der Waals surface area contributed by atoms with Crippen LogP contribution >= 0.6 is 60.5 Å². The van der Waals surface area contributed by atoms with Crippen molar-refractivity contribution in [3.05, 3.63) is 29.3 Å². The van der Waals surface area contributed by atoms with Crippen molar-refractivity contribution in [3.63, 3.8) is 0 Å². The smallest absolute Gasteiger partial charge is 0.464 e. The minimum atomic E-state index is -0.564. The molecule has 4 N–H and O–H groups in total. The molecule has 0 aliphatic carbocycles. The minimum Gasteiger partial charge on any atom is -0.464 e. The molecule has 1 aliphatic heterocycles. The molecule has 2 rings (SSSR count). The minimum absolute atomic E-state index is 0. The second kappa shape index (κ2) is 26.4. The average molecular weight is 823 g/mol. The van der Waals surface area contributed by atoms with E-state index in [2.05, 4.69) is 121 Å². The Morgan fingerprint density at radius 2 is 1.27 bits per heavy atom. The fourth-order valence-corrected chi connectivity index (χ4v) is 4.03. The first-order valence-corrected chi connectivity index (χ1v) is 15.0. The molecule has 1 fully saturated rings.